The molecule has 4 nitrogen and oxygen atoms in total. The number of likely N-dealkylation sites (tertiary alicyclic amines) is 1. The number of carbonyl (C=O) groups excluding carboxylic acids is 2. The Balaban J connectivity index is 1.76. The summed E-state index contributed by atoms with van der Waals surface area (Å²) >= 11 is 0. The molecule has 0 unspecified atom stereocenters. The summed E-state index contributed by atoms with van der Waals surface area (Å²) in [6.07, 6.45) is 1.36. The van der Waals surface area contributed by atoms with Crippen LogP contribution < -0.4 is 5.32 Å². The van der Waals surface area contributed by atoms with Crippen LogP contribution in [0.15, 0.2) is 42.5 Å². The molecule has 1 aliphatic heterocycles. The molecule has 130 valence electrons. The third kappa shape index (κ3) is 3.87. The molecule has 2 amide bonds. The van der Waals surface area contributed by atoms with Crippen LogP contribution in [0.4, 0.5) is 10.1 Å². The summed E-state index contributed by atoms with van der Waals surface area (Å²) in [5, 5.41) is 2.91. The van der Waals surface area contributed by atoms with Gasteiger partial charge in [0.05, 0.1) is 0 Å². The molecular formula is C20H21FN2O2. The SMILES string of the molecule is Cc1cc(C)cc(NC(=O)[C@@H]2CCCN2C(=O)c2cccc(F)c2)c1. The summed E-state index contributed by atoms with van der Waals surface area (Å²) in [5.74, 6) is -0.967. The minimum absolute atomic E-state index is 0.202. The van der Waals surface area contributed by atoms with Crippen molar-refractivity contribution in [3.8, 4) is 0 Å². The lowest BCUT2D eigenvalue weighted by Gasteiger charge is -2.24. The Morgan fingerprint density at radius 2 is 1.84 bits per heavy atom. The van der Waals surface area contributed by atoms with Crippen LogP contribution in [0, 0.1) is 19.7 Å². The highest BCUT2D eigenvalue weighted by atomic mass is 19.1. The summed E-state index contributed by atoms with van der Waals surface area (Å²) in [4.78, 5) is 26.9. The van der Waals surface area contributed by atoms with Crippen LogP contribution in [0.25, 0.3) is 0 Å². The van der Waals surface area contributed by atoms with Gasteiger partial charge >= 0.3 is 0 Å². The fourth-order valence-corrected chi connectivity index (χ4v) is 3.34. The van der Waals surface area contributed by atoms with Gasteiger partial charge in [0.1, 0.15) is 11.9 Å². The average Bonchev–Trinajstić information content (AvgIpc) is 3.02. The molecule has 1 atom stereocenters. The zero-order chi connectivity index (χ0) is 18.0. The van der Waals surface area contributed by atoms with Gasteiger partial charge in [-0.3, -0.25) is 9.59 Å². The van der Waals surface area contributed by atoms with E-state index < -0.39 is 11.9 Å². The van der Waals surface area contributed by atoms with Crippen molar-refractivity contribution in [2.45, 2.75) is 32.7 Å². The smallest absolute Gasteiger partial charge is 0.254 e. The Morgan fingerprint density at radius 3 is 2.52 bits per heavy atom. The number of carbonyl (C=O) groups is 2. The quantitative estimate of drug-likeness (QED) is 0.926. The number of amides is 2. The number of halogens is 1. The van der Waals surface area contributed by atoms with Crippen LogP contribution in [0.1, 0.15) is 34.3 Å². The van der Waals surface area contributed by atoms with E-state index in [1.165, 1.54) is 23.1 Å². The minimum atomic E-state index is -0.531. The molecular weight excluding hydrogens is 319 g/mol. The first kappa shape index (κ1) is 17.1. The summed E-state index contributed by atoms with van der Waals surface area (Å²) in [7, 11) is 0. The van der Waals surface area contributed by atoms with E-state index in [0.29, 0.717) is 13.0 Å². The van der Waals surface area contributed by atoms with Crippen LogP contribution in [0.5, 0.6) is 0 Å². The largest absolute Gasteiger partial charge is 0.327 e. The van der Waals surface area contributed by atoms with E-state index in [4.69, 9.17) is 0 Å². The van der Waals surface area contributed by atoms with Crippen LogP contribution in [-0.4, -0.2) is 29.3 Å². The molecule has 0 radical (unpaired) electrons. The topological polar surface area (TPSA) is 49.4 Å². The molecule has 0 spiro atoms. The Hall–Kier alpha value is -2.69. The van der Waals surface area contributed by atoms with Crippen molar-refractivity contribution < 1.29 is 14.0 Å². The first-order valence-corrected chi connectivity index (χ1v) is 8.40. The molecule has 0 aliphatic carbocycles. The Morgan fingerprint density at radius 1 is 1.12 bits per heavy atom. The van der Waals surface area contributed by atoms with Crippen LogP contribution in [-0.2, 0) is 4.79 Å². The van der Waals surface area contributed by atoms with E-state index in [-0.39, 0.29) is 17.4 Å². The molecule has 2 aromatic rings. The van der Waals surface area contributed by atoms with E-state index >= 15 is 0 Å². The van der Waals surface area contributed by atoms with Crippen molar-refractivity contribution in [1.29, 1.82) is 0 Å². The molecule has 1 saturated heterocycles. The predicted octanol–water partition coefficient (Wildman–Crippen LogP) is 3.69. The number of benzene rings is 2. The van der Waals surface area contributed by atoms with Crippen molar-refractivity contribution in [3.63, 3.8) is 0 Å². The molecule has 2 aromatic carbocycles. The Labute approximate surface area is 146 Å². The zero-order valence-electron chi connectivity index (χ0n) is 14.4. The van der Waals surface area contributed by atoms with E-state index in [0.717, 1.165) is 23.2 Å². The van der Waals surface area contributed by atoms with Gasteiger partial charge < -0.3 is 10.2 Å². The number of nitrogens with zero attached hydrogens (tertiary/aromatic N) is 1. The number of anilines is 1. The number of aryl methyl sites for hydroxylation is 2. The maximum absolute atomic E-state index is 13.4. The summed E-state index contributed by atoms with van der Waals surface area (Å²) in [6.45, 7) is 4.44. The van der Waals surface area contributed by atoms with Crippen LogP contribution in [0.3, 0.4) is 0 Å². The van der Waals surface area contributed by atoms with Crippen molar-refractivity contribution in [3.05, 3.63) is 65.0 Å². The van der Waals surface area contributed by atoms with E-state index in [2.05, 4.69) is 5.32 Å². The van der Waals surface area contributed by atoms with E-state index in [1.807, 2.05) is 32.0 Å². The Kier molecular flexibility index (Phi) is 4.83. The average molecular weight is 340 g/mol. The summed E-state index contributed by atoms with van der Waals surface area (Å²) in [5.41, 5.74) is 3.13. The molecule has 25 heavy (non-hydrogen) atoms. The lowest BCUT2D eigenvalue weighted by molar-refractivity contribution is -0.119. The van der Waals surface area contributed by atoms with Crippen LogP contribution in [0.2, 0.25) is 0 Å². The number of rotatable bonds is 3. The normalized spacial score (nSPS) is 16.8. The lowest BCUT2D eigenvalue weighted by Crippen LogP contribution is -2.43. The van der Waals surface area contributed by atoms with Gasteiger partial charge in [0.2, 0.25) is 5.91 Å². The monoisotopic (exact) mass is 340 g/mol. The second-order valence-corrected chi connectivity index (χ2v) is 6.53. The number of hydrogen-bond donors (Lipinski definition) is 1. The molecule has 1 heterocycles. The number of nitrogens with one attached hydrogen (secondary N) is 1. The van der Waals surface area contributed by atoms with Crippen LogP contribution >= 0.6 is 0 Å². The highest BCUT2D eigenvalue weighted by Gasteiger charge is 2.34. The van der Waals surface area contributed by atoms with Gasteiger partial charge in [-0.15, -0.1) is 0 Å². The second-order valence-electron chi connectivity index (χ2n) is 6.53. The van der Waals surface area contributed by atoms with Gasteiger partial charge in [-0.2, -0.15) is 0 Å². The molecule has 0 saturated carbocycles. The fraction of sp³-hybridized carbons (Fsp3) is 0.300. The lowest BCUT2D eigenvalue weighted by atomic mass is 10.1. The Bertz CT molecular complexity index is 799. The van der Waals surface area contributed by atoms with Crippen molar-refractivity contribution in [2.24, 2.45) is 0 Å². The molecule has 1 aliphatic rings. The molecule has 0 bridgehead atoms. The standard InChI is InChI=1S/C20H21FN2O2/c1-13-9-14(2)11-17(10-13)22-19(24)18-7-4-8-23(18)20(25)15-5-3-6-16(21)12-15/h3,5-6,9-12,18H,4,7-8H2,1-2H3,(H,22,24)/t18-/m0/s1. The molecule has 1 fully saturated rings. The molecule has 0 aromatic heterocycles. The maximum Gasteiger partial charge on any atom is 0.254 e. The third-order valence-electron chi connectivity index (χ3n) is 4.38. The van der Waals surface area contributed by atoms with Gasteiger partial charge in [-0.25, -0.2) is 4.39 Å². The minimum Gasteiger partial charge on any atom is -0.327 e. The van der Waals surface area contributed by atoms with E-state index in [9.17, 15) is 14.0 Å². The van der Waals surface area contributed by atoms with Gasteiger partial charge in [0.25, 0.3) is 5.91 Å². The highest BCUT2D eigenvalue weighted by Crippen LogP contribution is 2.23. The molecule has 1 N–H and O–H groups in total. The second kappa shape index (κ2) is 7.05. The maximum atomic E-state index is 13.4. The molecule has 3 rings (SSSR count). The summed E-state index contributed by atoms with van der Waals surface area (Å²) < 4.78 is 13.4. The van der Waals surface area contributed by atoms with E-state index in [1.54, 1.807) is 6.07 Å². The van der Waals surface area contributed by atoms with Crippen molar-refractivity contribution in [2.75, 3.05) is 11.9 Å². The first-order chi connectivity index (χ1) is 11.9. The fourth-order valence-electron chi connectivity index (χ4n) is 3.34. The third-order valence-corrected chi connectivity index (χ3v) is 4.38. The van der Waals surface area contributed by atoms with Gasteiger partial charge in [-0.1, -0.05) is 12.1 Å². The number of hydrogen-bond acceptors (Lipinski definition) is 2. The highest BCUT2D eigenvalue weighted by molar-refractivity contribution is 6.01. The predicted molar refractivity (Wildman–Crippen MR) is 95.0 cm³/mol. The van der Waals surface area contributed by atoms with Gasteiger partial charge in [-0.05, 0) is 68.1 Å². The van der Waals surface area contributed by atoms with Crippen molar-refractivity contribution in [1.82, 2.24) is 4.90 Å². The van der Waals surface area contributed by atoms with Crippen molar-refractivity contribution >= 4 is 17.5 Å². The van der Waals surface area contributed by atoms with Gasteiger partial charge in [0.15, 0.2) is 0 Å². The first-order valence-electron chi connectivity index (χ1n) is 8.40. The zero-order valence-corrected chi connectivity index (χ0v) is 14.4. The van der Waals surface area contributed by atoms with Gasteiger partial charge in [0, 0.05) is 17.8 Å². The summed E-state index contributed by atoms with van der Waals surface area (Å²) in [6, 6.07) is 10.9. The molecule has 5 heteroatoms.